The fraction of sp³-hybridized carbons (Fsp3) is 0.667. The van der Waals surface area contributed by atoms with Gasteiger partial charge >= 0.3 is 6.09 Å². The van der Waals surface area contributed by atoms with Crippen LogP contribution in [0.4, 0.5) is 4.79 Å². The second kappa shape index (κ2) is 5.85. The van der Waals surface area contributed by atoms with Gasteiger partial charge in [-0.15, -0.1) is 0 Å². The molecule has 0 heterocycles. The molecule has 10 heavy (non-hydrogen) atoms. The van der Waals surface area contributed by atoms with Crippen molar-refractivity contribution in [1.82, 2.24) is 0 Å². The van der Waals surface area contributed by atoms with Crippen LogP contribution in [-0.2, 0) is 0 Å². The molecule has 1 amide bonds. The summed E-state index contributed by atoms with van der Waals surface area (Å²) < 4.78 is -1.26. The Hall–Kier alpha value is 0.1000. The molecule has 0 aliphatic carbocycles. The molecule has 7 heteroatoms. The lowest BCUT2D eigenvalue weighted by atomic mass is 10.8. The first-order chi connectivity index (χ1) is 4.29. The highest BCUT2D eigenvalue weighted by molar-refractivity contribution is 6.67. The second-order valence-corrected chi connectivity index (χ2v) is 3.67. The van der Waals surface area contributed by atoms with Gasteiger partial charge in [0.2, 0.25) is 3.79 Å². The largest absolute Gasteiger partial charge is 0.465 e. The van der Waals surface area contributed by atoms with Gasteiger partial charge < -0.3 is 16.6 Å². The fourth-order valence-electron chi connectivity index (χ4n) is 0. The Morgan fingerprint density at radius 1 is 1.50 bits per heavy atom. The van der Waals surface area contributed by atoms with Crippen LogP contribution in [0.25, 0.3) is 0 Å². The Kier molecular flexibility index (Phi) is 7.46. The molecule has 0 radical (unpaired) electrons. The molecule has 0 aromatic heterocycles. The Morgan fingerprint density at radius 3 is 1.60 bits per heavy atom. The molecule has 0 atom stereocenters. The SMILES string of the molecule is NC(=O)O.NCC(Cl)(Cl)Cl. The standard InChI is InChI=1S/C2H4Cl3N.CH3NO2/c3-2(4,5)1-6;2-1(3)4/h1,6H2;2H2,(H,3,4). The van der Waals surface area contributed by atoms with Crippen LogP contribution < -0.4 is 11.5 Å². The van der Waals surface area contributed by atoms with E-state index < -0.39 is 9.89 Å². The number of rotatable bonds is 0. The Bertz CT molecular complexity index is 98.4. The summed E-state index contributed by atoms with van der Waals surface area (Å²) in [5.41, 5.74) is 8.94. The van der Waals surface area contributed by atoms with Gasteiger partial charge in [-0.05, 0) is 0 Å². The van der Waals surface area contributed by atoms with Crippen molar-refractivity contribution >= 4 is 40.9 Å². The molecule has 0 aliphatic rings. The Balaban J connectivity index is 0. The zero-order valence-electron chi connectivity index (χ0n) is 4.85. The number of alkyl halides is 3. The molecule has 0 aromatic carbocycles. The predicted octanol–water partition coefficient (Wildman–Crippen LogP) is 0.938. The molecule has 0 aromatic rings. The first-order valence-corrected chi connectivity index (χ1v) is 3.18. The predicted molar refractivity (Wildman–Crippen MR) is 41.6 cm³/mol. The molecular weight excluding hydrogens is 202 g/mol. The number of hydrogen-bond donors (Lipinski definition) is 3. The molecule has 0 rings (SSSR count). The summed E-state index contributed by atoms with van der Waals surface area (Å²) in [5, 5.41) is 7.19. The van der Waals surface area contributed by atoms with E-state index in [-0.39, 0.29) is 6.54 Å². The lowest BCUT2D eigenvalue weighted by Gasteiger charge is -2.02. The molecule has 5 N–H and O–H groups in total. The minimum atomic E-state index is -1.33. The topological polar surface area (TPSA) is 89.3 Å². The summed E-state index contributed by atoms with van der Waals surface area (Å²) >= 11 is 15.4. The van der Waals surface area contributed by atoms with E-state index in [1.165, 1.54) is 0 Å². The van der Waals surface area contributed by atoms with Crippen LogP contribution in [0.1, 0.15) is 0 Å². The van der Waals surface area contributed by atoms with E-state index in [0.29, 0.717) is 0 Å². The third-order valence-corrected chi connectivity index (χ3v) is 0.694. The lowest BCUT2D eigenvalue weighted by Crippen LogP contribution is -2.17. The summed E-state index contributed by atoms with van der Waals surface area (Å²) in [6.45, 7) is 0.0671. The van der Waals surface area contributed by atoms with Gasteiger partial charge in [0.25, 0.3) is 0 Å². The van der Waals surface area contributed by atoms with E-state index in [1.807, 2.05) is 0 Å². The summed E-state index contributed by atoms with van der Waals surface area (Å²) in [7, 11) is 0. The van der Waals surface area contributed by atoms with Gasteiger partial charge in [-0.25, -0.2) is 4.79 Å². The maximum Gasteiger partial charge on any atom is 0.402 e. The van der Waals surface area contributed by atoms with Crippen molar-refractivity contribution in [3.63, 3.8) is 0 Å². The Labute approximate surface area is 73.0 Å². The van der Waals surface area contributed by atoms with Gasteiger partial charge in [-0.3, -0.25) is 0 Å². The molecule has 0 bridgehead atoms. The van der Waals surface area contributed by atoms with E-state index in [2.05, 4.69) is 5.73 Å². The minimum Gasteiger partial charge on any atom is -0.465 e. The first kappa shape index (κ1) is 12.7. The van der Waals surface area contributed by atoms with Crippen LogP contribution in [0.15, 0.2) is 0 Å². The number of amides is 1. The van der Waals surface area contributed by atoms with Crippen molar-refractivity contribution in [2.75, 3.05) is 6.54 Å². The number of hydrogen-bond acceptors (Lipinski definition) is 2. The number of carboxylic acid groups (broad SMARTS) is 1. The van der Waals surface area contributed by atoms with Crippen LogP contribution in [0.5, 0.6) is 0 Å². The smallest absolute Gasteiger partial charge is 0.402 e. The van der Waals surface area contributed by atoms with Crippen LogP contribution in [0, 0.1) is 0 Å². The summed E-state index contributed by atoms with van der Waals surface area (Å²) in [6, 6.07) is 0. The van der Waals surface area contributed by atoms with E-state index in [1.54, 1.807) is 0 Å². The molecule has 0 unspecified atom stereocenters. The molecule has 0 saturated carbocycles. The average Bonchev–Trinajstić information content (AvgIpc) is 1.63. The van der Waals surface area contributed by atoms with Crippen LogP contribution in [0.2, 0.25) is 0 Å². The maximum absolute atomic E-state index is 8.78. The van der Waals surface area contributed by atoms with Gasteiger partial charge in [-0.2, -0.15) is 0 Å². The summed E-state index contributed by atoms with van der Waals surface area (Å²) in [6.07, 6.45) is -1.33. The van der Waals surface area contributed by atoms with E-state index in [0.717, 1.165) is 0 Å². The van der Waals surface area contributed by atoms with E-state index >= 15 is 0 Å². The van der Waals surface area contributed by atoms with Crippen molar-refractivity contribution in [3.05, 3.63) is 0 Å². The monoisotopic (exact) mass is 208 g/mol. The van der Waals surface area contributed by atoms with Gasteiger partial charge in [-0.1, -0.05) is 34.8 Å². The van der Waals surface area contributed by atoms with Crippen molar-refractivity contribution < 1.29 is 9.90 Å². The molecular formula is C3H7Cl3N2O2. The van der Waals surface area contributed by atoms with Crippen LogP contribution in [0.3, 0.4) is 0 Å². The fourth-order valence-corrected chi connectivity index (χ4v) is 0. The first-order valence-electron chi connectivity index (χ1n) is 2.05. The van der Waals surface area contributed by atoms with Crippen LogP contribution >= 0.6 is 34.8 Å². The van der Waals surface area contributed by atoms with Crippen molar-refractivity contribution in [2.24, 2.45) is 11.5 Å². The lowest BCUT2D eigenvalue weighted by molar-refractivity contribution is 0.205. The molecule has 0 spiro atoms. The highest BCUT2D eigenvalue weighted by Gasteiger charge is 2.14. The molecule has 0 saturated heterocycles. The number of carbonyl (C=O) groups is 1. The van der Waals surface area contributed by atoms with Crippen molar-refractivity contribution in [3.8, 4) is 0 Å². The Morgan fingerprint density at radius 2 is 1.60 bits per heavy atom. The quantitative estimate of drug-likeness (QED) is 0.519. The number of halogens is 3. The molecule has 0 aliphatic heterocycles. The third-order valence-electron chi connectivity index (χ3n) is 0.231. The molecule has 62 valence electrons. The third kappa shape index (κ3) is 42.5. The van der Waals surface area contributed by atoms with E-state index in [4.69, 9.17) is 50.4 Å². The molecule has 4 nitrogen and oxygen atoms in total. The van der Waals surface area contributed by atoms with Gasteiger partial charge in [0.1, 0.15) is 0 Å². The normalized spacial score (nSPS) is 9.60. The number of primary amides is 1. The van der Waals surface area contributed by atoms with Crippen molar-refractivity contribution in [2.45, 2.75) is 3.79 Å². The maximum atomic E-state index is 8.78. The van der Waals surface area contributed by atoms with Gasteiger partial charge in [0.15, 0.2) is 0 Å². The summed E-state index contributed by atoms with van der Waals surface area (Å²) in [5.74, 6) is 0. The van der Waals surface area contributed by atoms with Crippen LogP contribution in [-0.4, -0.2) is 21.5 Å². The van der Waals surface area contributed by atoms with Crippen molar-refractivity contribution in [1.29, 1.82) is 0 Å². The summed E-state index contributed by atoms with van der Waals surface area (Å²) in [4.78, 5) is 8.78. The number of nitrogens with two attached hydrogens (primary N) is 2. The highest BCUT2D eigenvalue weighted by atomic mass is 35.6. The van der Waals surface area contributed by atoms with E-state index in [9.17, 15) is 0 Å². The zero-order chi connectivity index (χ0) is 8.78. The minimum absolute atomic E-state index is 0.0671. The second-order valence-electron chi connectivity index (χ2n) is 1.16. The highest BCUT2D eigenvalue weighted by Crippen LogP contribution is 2.23. The molecule has 0 fully saturated rings. The van der Waals surface area contributed by atoms with Gasteiger partial charge in [0, 0.05) is 6.54 Å². The van der Waals surface area contributed by atoms with Gasteiger partial charge in [0.05, 0.1) is 0 Å². The zero-order valence-corrected chi connectivity index (χ0v) is 7.12. The average molecular weight is 209 g/mol.